The molecule has 1 amide bonds. The lowest BCUT2D eigenvalue weighted by atomic mass is 10.2. The average molecular weight is 324 g/mol. The highest BCUT2D eigenvalue weighted by Crippen LogP contribution is 2.14. The van der Waals surface area contributed by atoms with Crippen molar-refractivity contribution in [1.82, 2.24) is 5.32 Å². The van der Waals surface area contributed by atoms with Gasteiger partial charge in [0, 0.05) is 6.54 Å². The summed E-state index contributed by atoms with van der Waals surface area (Å²) in [4.78, 5) is 11.2. The zero-order chi connectivity index (χ0) is 17.2. The molecule has 0 atom stereocenters. The Balaban J connectivity index is 1.70. The summed E-state index contributed by atoms with van der Waals surface area (Å²) in [6.45, 7) is 3.34. The number of nitrogens with zero attached hydrogens (tertiary/aromatic N) is 1. The fraction of sp³-hybridized carbons (Fsp3) is 0.263. The van der Waals surface area contributed by atoms with Crippen LogP contribution in [0.25, 0.3) is 0 Å². The van der Waals surface area contributed by atoms with E-state index >= 15 is 0 Å². The van der Waals surface area contributed by atoms with Crippen molar-refractivity contribution in [3.8, 4) is 17.6 Å². The number of ether oxygens (including phenoxy) is 2. The summed E-state index contributed by atoms with van der Waals surface area (Å²) in [5.41, 5.74) is 2.11. The third-order valence-corrected chi connectivity index (χ3v) is 3.26. The maximum atomic E-state index is 11.2. The van der Waals surface area contributed by atoms with Gasteiger partial charge in [-0.15, -0.1) is 0 Å². The number of hydrogen-bond donors (Lipinski definition) is 1. The molecular formula is C19H20N2O3. The summed E-state index contributed by atoms with van der Waals surface area (Å²) in [5, 5.41) is 11.1. The van der Waals surface area contributed by atoms with Crippen LogP contribution in [-0.4, -0.2) is 19.1 Å². The van der Waals surface area contributed by atoms with Gasteiger partial charge in [-0.1, -0.05) is 24.3 Å². The lowest BCUT2D eigenvalue weighted by Crippen LogP contribution is -2.21. The number of carbonyl (C=O) groups is 1. The van der Waals surface area contributed by atoms with Crippen molar-refractivity contribution >= 4 is 5.91 Å². The molecule has 0 aliphatic heterocycles. The SMILES string of the molecule is Cc1cccc(OCCOc2ccc(CNC(=O)CC#N)cc2)c1. The lowest BCUT2D eigenvalue weighted by Gasteiger charge is -2.09. The van der Waals surface area contributed by atoms with E-state index in [1.807, 2.05) is 61.5 Å². The molecule has 0 saturated heterocycles. The minimum atomic E-state index is -0.272. The second-order valence-corrected chi connectivity index (χ2v) is 5.27. The Morgan fingerprint density at radius 1 is 1.08 bits per heavy atom. The van der Waals surface area contributed by atoms with E-state index < -0.39 is 0 Å². The number of aryl methyl sites for hydroxylation is 1. The normalized spacial score (nSPS) is 9.83. The lowest BCUT2D eigenvalue weighted by molar-refractivity contribution is -0.120. The Morgan fingerprint density at radius 3 is 2.46 bits per heavy atom. The molecule has 0 radical (unpaired) electrons. The largest absolute Gasteiger partial charge is 0.490 e. The Labute approximate surface area is 141 Å². The van der Waals surface area contributed by atoms with Crippen LogP contribution in [0.4, 0.5) is 0 Å². The Kier molecular flexibility index (Phi) is 6.66. The van der Waals surface area contributed by atoms with Crippen LogP contribution in [-0.2, 0) is 11.3 Å². The van der Waals surface area contributed by atoms with Crippen LogP contribution in [0.2, 0.25) is 0 Å². The van der Waals surface area contributed by atoms with Crippen molar-refractivity contribution in [1.29, 1.82) is 5.26 Å². The zero-order valence-electron chi connectivity index (χ0n) is 13.6. The Bertz CT molecular complexity index is 705. The zero-order valence-corrected chi connectivity index (χ0v) is 13.6. The van der Waals surface area contributed by atoms with E-state index in [4.69, 9.17) is 14.7 Å². The van der Waals surface area contributed by atoms with Gasteiger partial charge in [-0.2, -0.15) is 5.26 Å². The van der Waals surface area contributed by atoms with E-state index in [0.29, 0.717) is 19.8 Å². The quantitative estimate of drug-likeness (QED) is 0.758. The van der Waals surface area contributed by atoms with Gasteiger partial charge in [0.05, 0.1) is 6.07 Å². The topological polar surface area (TPSA) is 71.3 Å². The van der Waals surface area contributed by atoms with E-state index in [0.717, 1.165) is 22.6 Å². The highest BCUT2D eigenvalue weighted by Gasteiger charge is 2.01. The summed E-state index contributed by atoms with van der Waals surface area (Å²) >= 11 is 0. The number of hydrogen-bond acceptors (Lipinski definition) is 4. The molecule has 0 aliphatic carbocycles. The van der Waals surface area contributed by atoms with E-state index in [2.05, 4.69) is 5.32 Å². The highest BCUT2D eigenvalue weighted by molar-refractivity contribution is 5.77. The van der Waals surface area contributed by atoms with Crippen LogP contribution >= 0.6 is 0 Å². The highest BCUT2D eigenvalue weighted by atomic mass is 16.5. The first kappa shape index (κ1) is 17.4. The number of rotatable bonds is 8. The van der Waals surface area contributed by atoms with Crippen molar-refractivity contribution in [2.24, 2.45) is 0 Å². The molecule has 124 valence electrons. The number of amides is 1. The van der Waals surface area contributed by atoms with Gasteiger partial charge < -0.3 is 14.8 Å². The predicted molar refractivity (Wildman–Crippen MR) is 90.7 cm³/mol. The van der Waals surface area contributed by atoms with Crippen LogP contribution < -0.4 is 14.8 Å². The van der Waals surface area contributed by atoms with Crippen molar-refractivity contribution in [2.75, 3.05) is 13.2 Å². The number of nitriles is 1. The van der Waals surface area contributed by atoms with E-state index in [1.54, 1.807) is 0 Å². The second kappa shape index (κ2) is 9.21. The first-order chi connectivity index (χ1) is 11.7. The summed E-state index contributed by atoms with van der Waals surface area (Å²) in [5.74, 6) is 1.31. The van der Waals surface area contributed by atoms with Gasteiger partial charge >= 0.3 is 0 Å². The summed E-state index contributed by atoms with van der Waals surface area (Å²) in [7, 11) is 0. The van der Waals surface area contributed by atoms with Gasteiger partial charge in [-0.25, -0.2) is 0 Å². The fourth-order valence-corrected chi connectivity index (χ4v) is 2.06. The van der Waals surface area contributed by atoms with Crippen LogP contribution in [0, 0.1) is 18.3 Å². The molecule has 2 rings (SSSR count). The minimum absolute atomic E-state index is 0.123. The van der Waals surface area contributed by atoms with Crippen LogP contribution in [0.1, 0.15) is 17.5 Å². The van der Waals surface area contributed by atoms with Gasteiger partial charge in [0.2, 0.25) is 5.91 Å². The van der Waals surface area contributed by atoms with Gasteiger partial charge in [-0.05, 0) is 42.3 Å². The Hall–Kier alpha value is -3.00. The summed E-state index contributed by atoms with van der Waals surface area (Å²) in [6, 6.07) is 17.1. The molecule has 0 heterocycles. The van der Waals surface area contributed by atoms with Gasteiger partial charge in [0.25, 0.3) is 0 Å². The molecule has 0 aliphatic rings. The molecule has 2 aromatic carbocycles. The smallest absolute Gasteiger partial charge is 0.234 e. The first-order valence-corrected chi connectivity index (χ1v) is 7.72. The summed E-state index contributed by atoms with van der Waals surface area (Å²) < 4.78 is 11.2. The van der Waals surface area contributed by atoms with E-state index in [1.165, 1.54) is 0 Å². The third kappa shape index (κ3) is 6.01. The minimum Gasteiger partial charge on any atom is -0.490 e. The van der Waals surface area contributed by atoms with Crippen LogP contribution in [0.5, 0.6) is 11.5 Å². The fourth-order valence-electron chi connectivity index (χ4n) is 2.06. The van der Waals surface area contributed by atoms with Crippen molar-refractivity contribution in [3.63, 3.8) is 0 Å². The number of carbonyl (C=O) groups excluding carboxylic acids is 1. The standard InChI is InChI=1S/C19H20N2O3/c1-15-3-2-4-18(13-15)24-12-11-23-17-7-5-16(6-8-17)14-21-19(22)9-10-20/h2-8,13H,9,11-12,14H2,1H3,(H,21,22). The van der Waals surface area contributed by atoms with Gasteiger partial charge in [0.1, 0.15) is 31.1 Å². The molecule has 0 unspecified atom stereocenters. The van der Waals surface area contributed by atoms with Crippen LogP contribution in [0.15, 0.2) is 48.5 Å². The van der Waals surface area contributed by atoms with Crippen LogP contribution in [0.3, 0.4) is 0 Å². The third-order valence-electron chi connectivity index (χ3n) is 3.26. The molecule has 24 heavy (non-hydrogen) atoms. The average Bonchev–Trinajstić information content (AvgIpc) is 2.58. The monoisotopic (exact) mass is 324 g/mol. The molecule has 0 saturated carbocycles. The molecule has 0 spiro atoms. The maximum Gasteiger partial charge on any atom is 0.234 e. The number of nitrogens with one attached hydrogen (secondary N) is 1. The van der Waals surface area contributed by atoms with Gasteiger partial charge in [-0.3, -0.25) is 4.79 Å². The number of benzene rings is 2. The molecule has 5 heteroatoms. The van der Waals surface area contributed by atoms with Crippen molar-refractivity contribution in [3.05, 3.63) is 59.7 Å². The van der Waals surface area contributed by atoms with E-state index in [9.17, 15) is 4.79 Å². The van der Waals surface area contributed by atoms with Gasteiger partial charge in [0.15, 0.2) is 0 Å². The second-order valence-electron chi connectivity index (χ2n) is 5.27. The molecule has 2 aromatic rings. The summed E-state index contributed by atoms with van der Waals surface area (Å²) in [6.07, 6.45) is -0.123. The Morgan fingerprint density at radius 2 is 1.79 bits per heavy atom. The predicted octanol–water partition coefficient (Wildman–Crippen LogP) is 2.98. The van der Waals surface area contributed by atoms with E-state index in [-0.39, 0.29) is 12.3 Å². The molecule has 0 fully saturated rings. The molecule has 0 bridgehead atoms. The molecule has 1 N–H and O–H groups in total. The maximum absolute atomic E-state index is 11.2. The van der Waals surface area contributed by atoms with Crippen molar-refractivity contribution < 1.29 is 14.3 Å². The van der Waals surface area contributed by atoms with Crippen molar-refractivity contribution in [2.45, 2.75) is 19.9 Å². The first-order valence-electron chi connectivity index (χ1n) is 7.72. The molecule has 5 nitrogen and oxygen atoms in total. The molecule has 0 aromatic heterocycles. The molecular weight excluding hydrogens is 304 g/mol.